The highest BCUT2D eigenvalue weighted by molar-refractivity contribution is 6.30. The monoisotopic (exact) mass is 741 g/mol. The molecule has 2 saturated heterocycles. The van der Waals surface area contributed by atoms with E-state index in [1.165, 1.54) is 0 Å². The molecule has 2 amide bonds. The molecule has 2 heterocycles. The molecular weight excluding hydrogens is 694 g/mol. The number of nitrogens with one attached hydrogen (secondary N) is 2. The van der Waals surface area contributed by atoms with Crippen molar-refractivity contribution in [2.24, 2.45) is 0 Å². The number of ether oxygens (including phenoxy) is 2. The highest BCUT2D eigenvalue weighted by Gasteiger charge is 2.37. The lowest BCUT2D eigenvalue weighted by molar-refractivity contribution is -0.253. The predicted molar refractivity (Wildman–Crippen MR) is 202 cm³/mol. The SMILES string of the molecule is O=C(CCCCC(=O)NCc1ccccc1-c1ccc([C@H]2O[C@@H](CN3CCC(O)(c4ccc(Cl)cc4)CC3)C[C@@H](c3ccc(CO)cc3)O2)cc1)NO. The van der Waals surface area contributed by atoms with Crippen molar-refractivity contribution in [3.63, 3.8) is 0 Å². The average Bonchev–Trinajstić information content (AvgIpc) is 3.20. The lowest BCUT2D eigenvalue weighted by atomic mass is 9.84. The number of carbonyl (C=O) groups is 2. The molecule has 3 atom stereocenters. The first-order valence-electron chi connectivity index (χ1n) is 18.3. The van der Waals surface area contributed by atoms with Gasteiger partial charge in [0.2, 0.25) is 11.8 Å². The summed E-state index contributed by atoms with van der Waals surface area (Å²) in [5, 5.41) is 33.3. The first kappa shape index (κ1) is 38.6. The molecule has 11 heteroatoms. The third-order valence-corrected chi connectivity index (χ3v) is 10.6. The van der Waals surface area contributed by atoms with Crippen LogP contribution in [0.1, 0.15) is 85.2 Å². The summed E-state index contributed by atoms with van der Waals surface area (Å²) in [6.45, 7) is 2.52. The van der Waals surface area contributed by atoms with Gasteiger partial charge in [0.1, 0.15) is 0 Å². The molecule has 4 aromatic rings. The van der Waals surface area contributed by atoms with Gasteiger partial charge < -0.3 is 29.9 Å². The van der Waals surface area contributed by atoms with Crippen LogP contribution in [0.15, 0.2) is 97.1 Å². The molecule has 0 spiro atoms. The van der Waals surface area contributed by atoms with Gasteiger partial charge in [0.15, 0.2) is 6.29 Å². The van der Waals surface area contributed by atoms with E-state index in [9.17, 15) is 19.8 Å². The van der Waals surface area contributed by atoms with Gasteiger partial charge in [-0.25, -0.2) is 5.48 Å². The molecule has 2 aliphatic rings. The summed E-state index contributed by atoms with van der Waals surface area (Å²) in [6, 6.07) is 31.4. The number of likely N-dealkylation sites (tertiary alicyclic amines) is 1. The van der Waals surface area contributed by atoms with Crippen LogP contribution in [-0.2, 0) is 37.8 Å². The van der Waals surface area contributed by atoms with E-state index in [-0.39, 0.29) is 31.1 Å². The van der Waals surface area contributed by atoms with E-state index >= 15 is 0 Å². The quantitative estimate of drug-likeness (QED) is 0.0546. The topological polar surface area (TPSA) is 141 Å². The maximum Gasteiger partial charge on any atom is 0.243 e. The van der Waals surface area contributed by atoms with E-state index in [2.05, 4.69) is 10.2 Å². The number of piperidine rings is 1. The number of aliphatic hydroxyl groups is 2. The van der Waals surface area contributed by atoms with Crippen LogP contribution < -0.4 is 10.8 Å². The van der Waals surface area contributed by atoms with Crippen molar-refractivity contribution in [2.75, 3.05) is 19.6 Å². The zero-order valence-corrected chi connectivity index (χ0v) is 30.5. The number of hydrogen-bond donors (Lipinski definition) is 5. The van der Waals surface area contributed by atoms with Gasteiger partial charge in [0.25, 0.3) is 0 Å². The third-order valence-electron chi connectivity index (χ3n) is 10.3. The molecule has 4 aromatic carbocycles. The number of amides is 2. The molecule has 5 N–H and O–H groups in total. The maximum absolute atomic E-state index is 12.5. The van der Waals surface area contributed by atoms with Crippen LogP contribution in [0.4, 0.5) is 0 Å². The van der Waals surface area contributed by atoms with E-state index in [4.69, 9.17) is 26.3 Å². The zero-order valence-electron chi connectivity index (χ0n) is 29.8. The zero-order chi connectivity index (χ0) is 37.2. The van der Waals surface area contributed by atoms with Gasteiger partial charge in [-0.2, -0.15) is 0 Å². The van der Waals surface area contributed by atoms with E-state index < -0.39 is 17.8 Å². The molecule has 10 nitrogen and oxygen atoms in total. The summed E-state index contributed by atoms with van der Waals surface area (Å²) in [4.78, 5) is 26.1. The van der Waals surface area contributed by atoms with Gasteiger partial charge in [-0.15, -0.1) is 0 Å². The van der Waals surface area contributed by atoms with Crippen molar-refractivity contribution in [3.05, 3.63) is 130 Å². The Labute approximate surface area is 315 Å². The molecule has 6 rings (SSSR count). The Morgan fingerprint density at radius 1 is 0.830 bits per heavy atom. The second-order valence-electron chi connectivity index (χ2n) is 14.0. The first-order chi connectivity index (χ1) is 25.7. The number of aliphatic hydroxyl groups excluding tert-OH is 1. The molecule has 280 valence electrons. The highest BCUT2D eigenvalue weighted by Crippen LogP contribution is 2.40. The molecular formula is C42H48ClN3O7. The minimum absolute atomic E-state index is 0.0211. The Kier molecular flexibility index (Phi) is 13.3. The summed E-state index contributed by atoms with van der Waals surface area (Å²) in [7, 11) is 0. The second-order valence-corrected chi connectivity index (χ2v) is 14.4. The van der Waals surface area contributed by atoms with Crippen LogP contribution >= 0.6 is 11.6 Å². The van der Waals surface area contributed by atoms with Gasteiger partial charge >= 0.3 is 0 Å². The predicted octanol–water partition coefficient (Wildman–Crippen LogP) is 6.71. The highest BCUT2D eigenvalue weighted by atomic mass is 35.5. The summed E-state index contributed by atoms with van der Waals surface area (Å²) < 4.78 is 13.3. The maximum atomic E-state index is 12.5. The molecule has 0 unspecified atom stereocenters. The van der Waals surface area contributed by atoms with Crippen LogP contribution in [0.25, 0.3) is 11.1 Å². The fraction of sp³-hybridized carbons (Fsp3) is 0.381. The van der Waals surface area contributed by atoms with Crippen molar-refractivity contribution in [3.8, 4) is 11.1 Å². The van der Waals surface area contributed by atoms with Gasteiger partial charge in [-0.3, -0.25) is 14.8 Å². The lowest BCUT2D eigenvalue weighted by Crippen LogP contribution is -2.46. The number of hydrogen-bond acceptors (Lipinski definition) is 8. The van der Waals surface area contributed by atoms with Crippen LogP contribution in [0.2, 0.25) is 5.02 Å². The van der Waals surface area contributed by atoms with Crippen molar-refractivity contribution < 1.29 is 34.5 Å². The van der Waals surface area contributed by atoms with Gasteiger partial charge in [0.05, 0.1) is 24.4 Å². The first-order valence-corrected chi connectivity index (χ1v) is 18.7. The Balaban J connectivity index is 1.12. The van der Waals surface area contributed by atoms with Gasteiger partial charge in [-0.05, 0) is 71.2 Å². The number of unbranched alkanes of at least 4 members (excludes halogenated alkanes) is 1. The Bertz CT molecular complexity index is 1800. The number of benzene rings is 4. The van der Waals surface area contributed by atoms with E-state index in [0.717, 1.165) is 52.0 Å². The van der Waals surface area contributed by atoms with Crippen molar-refractivity contribution >= 4 is 23.4 Å². The van der Waals surface area contributed by atoms with Crippen LogP contribution in [-0.4, -0.2) is 57.9 Å². The van der Waals surface area contributed by atoms with Crippen LogP contribution in [0, 0.1) is 0 Å². The second kappa shape index (κ2) is 18.3. The van der Waals surface area contributed by atoms with Gasteiger partial charge in [0, 0.05) is 56.0 Å². The molecule has 0 aliphatic carbocycles. The fourth-order valence-electron chi connectivity index (χ4n) is 7.16. The minimum atomic E-state index is -0.884. The summed E-state index contributed by atoms with van der Waals surface area (Å²) in [5.74, 6) is -0.550. The van der Waals surface area contributed by atoms with E-state index in [1.807, 2.05) is 97.1 Å². The number of halogens is 1. The Hall–Kier alpha value is -4.13. The Morgan fingerprint density at radius 2 is 1.49 bits per heavy atom. The molecule has 0 bridgehead atoms. The minimum Gasteiger partial charge on any atom is -0.392 e. The fourth-order valence-corrected chi connectivity index (χ4v) is 7.29. The van der Waals surface area contributed by atoms with Crippen molar-refractivity contribution in [1.29, 1.82) is 0 Å². The van der Waals surface area contributed by atoms with E-state index in [1.54, 1.807) is 5.48 Å². The summed E-state index contributed by atoms with van der Waals surface area (Å²) in [5.41, 5.74) is 7.37. The number of nitrogens with zero attached hydrogens (tertiary/aromatic N) is 1. The average molecular weight is 742 g/mol. The largest absolute Gasteiger partial charge is 0.392 e. The van der Waals surface area contributed by atoms with Crippen molar-refractivity contribution in [2.45, 2.75) is 82.2 Å². The number of rotatable bonds is 14. The lowest BCUT2D eigenvalue weighted by Gasteiger charge is -2.42. The molecule has 0 radical (unpaired) electrons. The molecule has 2 fully saturated rings. The molecule has 0 saturated carbocycles. The summed E-state index contributed by atoms with van der Waals surface area (Å²) >= 11 is 6.09. The van der Waals surface area contributed by atoms with Gasteiger partial charge in [-0.1, -0.05) is 96.5 Å². The van der Waals surface area contributed by atoms with Crippen molar-refractivity contribution in [1.82, 2.24) is 15.7 Å². The van der Waals surface area contributed by atoms with Crippen LogP contribution in [0.5, 0.6) is 0 Å². The number of hydroxylamine groups is 1. The molecule has 0 aromatic heterocycles. The molecule has 2 aliphatic heterocycles. The summed E-state index contributed by atoms with van der Waals surface area (Å²) in [6.07, 6.45) is 2.52. The normalized spacial score (nSPS) is 20.1. The Morgan fingerprint density at radius 3 is 2.17 bits per heavy atom. The van der Waals surface area contributed by atoms with E-state index in [0.29, 0.717) is 56.6 Å². The number of carbonyl (C=O) groups excluding carboxylic acids is 2. The smallest absolute Gasteiger partial charge is 0.243 e. The molecule has 53 heavy (non-hydrogen) atoms. The van der Waals surface area contributed by atoms with Crippen LogP contribution in [0.3, 0.4) is 0 Å². The standard InChI is InChI=1S/C42H48ClN3O7/c43-35-19-17-34(18-20-35)42(50)21-23-46(24-22-42)27-36-25-38(31-11-9-29(28-47)10-12-31)53-41(52-36)32-15-13-30(14-16-32)37-6-2-1-5-33(37)26-44-39(48)7-3-4-8-40(49)45-51/h1-2,5-6,9-20,36,38,41,47,50-51H,3-4,7-8,21-28H2,(H,44,48)(H,45,49)/t36-,38+,41+/m1/s1. The third kappa shape index (κ3) is 10.3.